The molecule has 0 spiro atoms. The Hall–Kier alpha value is -1.32. The maximum Gasteiger partial charge on any atom is 0.138 e. The first-order valence-corrected chi connectivity index (χ1v) is 10.1. The van der Waals surface area contributed by atoms with Crippen LogP contribution in [0.3, 0.4) is 0 Å². The lowest BCUT2D eigenvalue weighted by molar-refractivity contribution is 0.134. The largest absolute Gasteiger partial charge is 0.489 e. The van der Waals surface area contributed by atoms with Crippen LogP contribution in [-0.4, -0.2) is 23.2 Å². The van der Waals surface area contributed by atoms with Crippen molar-refractivity contribution in [3.8, 4) is 5.75 Å². The molecule has 1 aromatic heterocycles. The van der Waals surface area contributed by atoms with Crippen molar-refractivity contribution in [3.63, 3.8) is 0 Å². The van der Waals surface area contributed by atoms with Crippen LogP contribution in [0.4, 0.5) is 0 Å². The highest BCUT2D eigenvalue weighted by atomic mass is 35.5. The standard InChI is InChI=1S/C21H27ClN2O/c22-21-19-12-13-23-14-15(19)6-11-20(21)25-18-9-7-17(8-10-18)24-16-4-2-1-3-5-16/h6,11-14,16-18,24H,1-5,7-10H2. The van der Waals surface area contributed by atoms with E-state index in [0.29, 0.717) is 11.1 Å². The van der Waals surface area contributed by atoms with Crippen LogP contribution in [0.1, 0.15) is 57.8 Å². The van der Waals surface area contributed by atoms with E-state index in [0.717, 1.165) is 35.4 Å². The predicted octanol–water partition coefficient (Wildman–Crippen LogP) is 5.50. The molecule has 1 aromatic carbocycles. The number of hydrogen-bond donors (Lipinski definition) is 1. The molecule has 2 fully saturated rings. The lowest BCUT2D eigenvalue weighted by Crippen LogP contribution is -2.42. The van der Waals surface area contributed by atoms with Crippen molar-refractivity contribution >= 4 is 22.4 Å². The molecule has 1 heterocycles. The van der Waals surface area contributed by atoms with E-state index in [2.05, 4.69) is 10.3 Å². The molecule has 1 N–H and O–H groups in total. The lowest BCUT2D eigenvalue weighted by Gasteiger charge is -2.33. The van der Waals surface area contributed by atoms with Crippen LogP contribution in [0, 0.1) is 0 Å². The zero-order valence-corrected chi connectivity index (χ0v) is 15.5. The summed E-state index contributed by atoms with van der Waals surface area (Å²) in [7, 11) is 0. The number of pyridine rings is 1. The summed E-state index contributed by atoms with van der Waals surface area (Å²) in [4.78, 5) is 4.15. The number of rotatable bonds is 4. The molecule has 0 aliphatic heterocycles. The molecule has 4 heteroatoms. The molecule has 0 radical (unpaired) electrons. The lowest BCUT2D eigenvalue weighted by atomic mass is 9.89. The number of nitrogens with zero attached hydrogens (tertiary/aromatic N) is 1. The van der Waals surface area contributed by atoms with E-state index in [9.17, 15) is 0 Å². The second-order valence-electron chi connectivity index (χ2n) is 7.57. The van der Waals surface area contributed by atoms with Crippen LogP contribution in [0.2, 0.25) is 5.02 Å². The van der Waals surface area contributed by atoms with Gasteiger partial charge in [0.1, 0.15) is 5.75 Å². The van der Waals surface area contributed by atoms with Crippen molar-refractivity contribution in [1.29, 1.82) is 0 Å². The summed E-state index contributed by atoms with van der Waals surface area (Å²) in [5.41, 5.74) is 0. The normalized spacial score (nSPS) is 25.2. The highest BCUT2D eigenvalue weighted by molar-refractivity contribution is 6.37. The van der Waals surface area contributed by atoms with Gasteiger partial charge in [0.25, 0.3) is 0 Å². The quantitative estimate of drug-likeness (QED) is 0.783. The monoisotopic (exact) mass is 358 g/mol. The number of benzene rings is 1. The molecular formula is C21H27ClN2O. The Balaban J connectivity index is 1.33. The Bertz CT molecular complexity index is 706. The molecule has 4 rings (SSSR count). The van der Waals surface area contributed by atoms with E-state index in [4.69, 9.17) is 16.3 Å². The van der Waals surface area contributed by atoms with Crippen LogP contribution in [0.15, 0.2) is 30.6 Å². The summed E-state index contributed by atoms with van der Waals surface area (Å²) < 4.78 is 6.25. The number of aromatic nitrogens is 1. The van der Waals surface area contributed by atoms with Gasteiger partial charge < -0.3 is 10.1 Å². The van der Waals surface area contributed by atoms with Gasteiger partial charge in [-0.25, -0.2) is 0 Å². The molecule has 0 atom stereocenters. The molecule has 2 aliphatic rings. The summed E-state index contributed by atoms with van der Waals surface area (Å²) in [6, 6.07) is 7.40. The van der Waals surface area contributed by atoms with E-state index in [1.807, 2.05) is 24.4 Å². The summed E-state index contributed by atoms with van der Waals surface area (Å²) >= 11 is 6.55. The van der Waals surface area contributed by atoms with E-state index >= 15 is 0 Å². The molecule has 0 saturated heterocycles. The zero-order chi connectivity index (χ0) is 17.1. The van der Waals surface area contributed by atoms with Gasteiger partial charge in [-0.2, -0.15) is 0 Å². The van der Waals surface area contributed by atoms with Gasteiger partial charge in [0.15, 0.2) is 0 Å². The van der Waals surface area contributed by atoms with Gasteiger partial charge in [-0.1, -0.05) is 30.9 Å². The Labute approximate surface area is 155 Å². The van der Waals surface area contributed by atoms with Crippen LogP contribution >= 0.6 is 11.6 Å². The summed E-state index contributed by atoms with van der Waals surface area (Å²) in [6.07, 6.45) is 15.4. The number of halogens is 1. The van der Waals surface area contributed by atoms with Gasteiger partial charge in [-0.15, -0.1) is 0 Å². The Morgan fingerprint density at radius 1 is 0.920 bits per heavy atom. The predicted molar refractivity (Wildman–Crippen MR) is 103 cm³/mol. The van der Waals surface area contributed by atoms with Crippen LogP contribution < -0.4 is 10.1 Å². The highest BCUT2D eigenvalue weighted by Crippen LogP contribution is 2.35. The Morgan fingerprint density at radius 3 is 2.48 bits per heavy atom. The van der Waals surface area contributed by atoms with E-state index in [1.165, 1.54) is 44.9 Å². The number of ether oxygens (including phenoxy) is 1. The smallest absolute Gasteiger partial charge is 0.138 e. The Kier molecular flexibility index (Phi) is 5.42. The fraction of sp³-hybridized carbons (Fsp3) is 0.571. The third kappa shape index (κ3) is 4.09. The zero-order valence-electron chi connectivity index (χ0n) is 14.7. The summed E-state index contributed by atoms with van der Waals surface area (Å²) in [5.74, 6) is 0.809. The molecule has 0 amide bonds. The minimum absolute atomic E-state index is 0.279. The van der Waals surface area contributed by atoms with Crippen LogP contribution in [0.5, 0.6) is 5.75 Å². The third-order valence-electron chi connectivity index (χ3n) is 5.76. The van der Waals surface area contributed by atoms with Gasteiger partial charge in [-0.05, 0) is 56.7 Å². The Morgan fingerprint density at radius 2 is 1.68 bits per heavy atom. The number of nitrogens with one attached hydrogen (secondary N) is 1. The molecular weight excluding hydrogens is 332 g/mol. The fourth-order valence-corrected chi connectivity index (χ4v) is 4.61. The number of hydrogen-bond acceptors (Lipinski definition) is 3. The second-order valence-corrected chi connectivity index (χ2v) is 7.95. The SMILES string of the molecule is Clc1c(OC2CCC(NC3CCCCC3)CC2)ccc2cnccc12. The van der Waals surface area contributed by atoms with Crippen molar-refractivity contribution in [2.45, 2.75) is 76.0 Å². The minimum Gasteiger partial charge on any atom is -0.489 e. The van der Waals surface area contributed by atoms with Gasteiger partial charge in [0.2, 0.25) is 0 Å². The minimum atomic E-state index is 0.279. The van der Waals surface area contributed by atoms with E-state index in [1.54, 1.807) is 6.20 Å². The first-order chi connectivity index (χ1) is 12.3. The first-order valence-electron chi connectivity index (χ1n) is 9.74. The highest BCUT2D eigenvalue weighted by Gasteiger charge is 2.25. The van der Waals surface area contributed by atoms with E-state index in [-0.39, 0.29) is 6.10 Å². The average Bonchev–Trinajstić information content (AvgIpc) is 2.67. The van der Waals surface area contributed by atoms with Gasteiger partial charge >= 0.3 is 0 Å². The second kappa shape index (κ2) is 7.92. The van der Waals surface area contributed by atoms with Crippen molar-refractivity contribution in [2.75, 3.05) is 0 Å². The van der Waals surface area contributed by atoms with Gasteiger partial charge in [0.05, 0.1) is 11.1 Å². The summed E-state index contributed by atoms with van der Waals surface area (Å²) in [6.45, 7) is 0. The van der Waals surface area contributed by atoms with Crippen LogP contribution in [-0.2, 0) is 0 Å². The molecule has 134 valence electrons. The van der Waals surface area contributed by atoms with Crippen LogP contribution in [0.25, 0.3) is 10.8 Å². The van der Waals surface area contributed by atoms with Crippen molar-refractivity contribution in [2.24, 2.45) is 0 Å². The maximum absolute atomic E-state index is 6.55. The third-order valence-corrected chi connectivity index (χ3v) is 6.15. The van der Waals surface area contributed by atoms with E-state index < -0.39 is 0 Å². The molecule has 2 aromatic rings. The molecule has 25 heavy (non-hydrogen) atoms. The molecule has 2 aliphatic carbocycles. The van der Waals surface area contributed by atoms with Crippen molar-refractivity contribution in [1.82, 2.24) is 10.3 Å². The molecule has 2 saturated carbocycles. The van der Waals surface area contributed by atoms with Crippen molar-refractivity contribution < 1.29 is 4.74 Å². The number of fused-ring (bicyclic) bond motifs is 1. The van der Waals surface area contributed by atoms with Gasteiger partial charge in [-0.3, -0.25) is 4.98 Å². The molecule has 0 bridgehead atoms. The van der Waals surface area contributed by atoms with Crippen molar-refractivity contribution in [3.05, 3.63) is 35.6 Å². The maximum atomic E-state index is 6.55. The summed E-state index contributed by atoms with van der Waals surface area (Å²) in [5, 5.41) is 6.67. The van der Waals surface area contributed by atoms with Gasteiger partial charge in [0, 0.05) is 35.2 Å². The molecule has 0 unspecified atom stereocenters. The first kappa shape index (κ1) is 17.1. The fourth-order valence-electron chi connectivity index (χ4n) is 4.33. The topological polar surface area (TPSA) is 34.1 Å². The molecule has 3 nitrogen and oxygen atoms in total. The average molecular weight is 359 g/mol.